The molecule has 1 aromatic carbocycles. The van der Waals surface area contributed by atoms with E-state index < -0.39 is 0 Å². The topological polar surface area (TPSA) is 83.6 Å². The lowest BCUT2D eigenvalue weighted by atomic mass is 9.99. The van der Waals surface area contributed by atoms with E-state index in [-0.39, 0.29) is 5.91 Å². The molecule has 0 aliphatic rings. The molecule has 0 aliphatic heterocycles. The Bertz CT molecular complexity index is 1150. The van der Waals surface area contributed by atoms with Gasteiger partial charge in [-0.3, -0.25) is 14.9 Å². The number of hydrogen-bond acceptors (Lipinski definition) is 4. The second-order valence-corrected chi connectivity index (χ2v) is 7.12. The summed E-state index contributed by atoms with van der Waals surface area (Å²) in [6.45, 7) is 4.57. The van der Waals surface area contributed by atoms with Crippen molar-refractivity contribution in [1.29, 1.82) is 0 Å². The Labute approximate surface area is 169 Å². The van der Waals surface area contributed by atoms with Gasteiger partial charge in [-0.25, -0.2) is 4.98 Å². The molecule has 6 heteroatoms. The molecule has 0 saturated heterocycles. The lowest BCUT2D eigenvalue weighted by molar-refractivity contribution is 0.0952. The summed E-state index contributed by atoms with van der Waals surface area (Å²) in [4.78, 5) is 20.8. The van der Waals surface area contributed by atoms with Gasteiger partial charge in [-0.15, -0.1) is 0 Å². The van der Waals surface area contributed by atoms with Gasteiger partial charge >= 0.3 is 0 Å². The van der Waals surface area contributed by atoms with E-state index in [1.807, 2.05) is 19.3 Å². The molecule has 3 heterocycles. The van der Waals surface area contributed by atoms with E-state index >= 15 is 0 Å². The monoisotopic (exact) mass is 385 g/mol. The number of nitrogens with one attached hydrogen (secondary N) is 2. The maximum absolute atomic E-state index is 12.2. The molecule has 1 amide bonds. The minimum absolute atomic E-state index is 0.0661. The molecule has 29 heavy (non-hydrogen) atoms. The van der Waals surface area contributed by atoms with Gasteiger partial charge < -0.3 is 5.32 Å². The Hall–Kier alpha value is -3.54. The van der Waals surface area contributed by atoms with Crippen LogP contribution in [0.15, 0.2) is 55.0 Å². The van der Waals surface area contributed by atoms with Gasteiger partial charge in [0.15, 0.2) is 5.65 Å². The molecule has 4 rings (SSSR count). The number of rotatable bonds is 6. The average Bonchev–Trinajstić information content (AvgIpc) is 3.22. The molecule has 0 unspecified atom stereocenters. The predicted octanol–water partition coefficient (Wildman–Crippen LogP) is 4.00. The Morgan fingerprint density at radius 2 is 1.90 bits per heavy atom. The van der Waals surface area contributed by atoms with Crippen molar-refractivity contribution in [3.8, 4) is 11.1 Å². The van der Waals surface area contributed by atoms with Gasteiger partial charge in [0, 0.05) is 35.6 Å². The first kappa shape index (κ1) is 18.8. The summed E-state index contributed by atoms with van der Waals surface area (Å²) in [6, 6.07) is 12.1. The molecule has 0 aliphatic carbocycles. The van der Waals surface area contributed by atoms with E-state index in [1.165, 1.54) is 11.1 Å². The zero-order chi connectivity index (χ0) is 20.2. The number of H-pyrrole nitrogens is 1. The average molecular weight is 385 g/mol. The van der Waals surface area contributed by atoms with Crippen LogP contribution in [0.4, 0.5) is 0 Å². The summed E-state index contributed by atoms with van der Waals surface area (Å²) < 4.78 is 0. The molecule has 4 aromatic rings. The molecule has 0 radical (unpaired) electrons. The number of pyridine rings is 2. The summed E-state index contributed by atoms with van der Waals surface area (Å²) in [7, 11) is 0. The molecule has 3 aromatic heterocycles. The van der Waals surface area contributed by atoms with E-state index in [9.17, 15) is 4.79 Å². The van der Waals surface area contributed by atoms with E-state index in [4.69, 9.17) is 0 Å². The number of carbonyl (C=O) groups is 1. The van der Waals surface area contributed by atoms with Crippen molar-refractivity contribution >= 4 is 16.9 Å². The zero-order valence-electron chi connectivity index (χ0n) is 16.6. The Morgan fingerprint density at radius 3 is 2.69 bits per heavy atom. The third-order valence-electron chi connectivity index (χ3n) is 5.19. The first-order valence-corrected chi connectivity index (χ1v) is 9.71. The van der Waals surface area contributed by atoms with Gasteiger partial charge in [-0.1, -0.05) is 24.3 Å². The van der Waals surface area contributed by atoms with Crippen LogP contribution in [0, 0.1) is 13.8 Å². The van der Waals surface area contributed by atoms with Gasteiger partial charge in [0.05, 0.1) is 11.8 Å². The van der Waals surface area contributed by atoms with Crippen molar-refractivity contribution in [2.45, 2.75) is 26.7 Å². The predicted molar refractivity (Wildman–Crippen MR) is 114 cm³/mol. The highest BCUT2D eigenvalue weighted by Gasteiger charge is 2.09. The number of fused-ring (bicyclic) bond motifs is 1. The Balaban J connectivity index is 1.34. The van der Waals surface area contributed by atoms with E-state index in [1.54, 1.807) is 18.3 Å². The highest BCUT2D eigenvalue weighted by molar-refractivity contribution is 5.95. The highest BCUT2D eigenvalue weighted by Crippen LogP contribution is 2.27. The molecule has 0 atom stereocenters. The molecule has 0 spiro atoms. The van der Waals surface area contributed by atoms with E-state index in [2.05, 4.69) is 56.7 Å². The van der Waals surface area contributed by atoms with E-state index in [0.717, 1.165) is 40.7 Å². The van der Waals surface area contributed by atoms with Gasteiger partial charge in [0.2, 0.25) is 0 Å². The molecular weight excluding hydrogens is 362 g/mol. The molecule has 2 N–H and O–H groups in total. The van der Waals surface area contributed by atoms with Crippen molar-refractivity contribution in [3.63, 3.8) is 0 Å². The lowest BCUT2D eigenvalue weighted by Crippen LogP contribution is -2.25. The van der Waals surface area contributed by atoms with Crippen molar-refractivity contribution in [1.82, 2.24) is 25.5 Å². The fourth-order valence-corrected chi connectivity index (χ4v) is 3.48. The van der Waals surface area contributed by atoms with E-state index in [0.29, 0.717) is 12.1 Å². The normalized spacial score (nSPS) is 11.0. The van der Waals surface area contributed by atoms with Crippen LogP contribution in [0.1, 0.15) is 33.6 Å². The second-order valence-electron chi connectivity index (χ2n) is 7.12. The first-order valence-electron chi connectivity index (χ1n) is 9.71. The summed E-state index contributed by atoms with van der Waals surface area (Å²) in [5.74, 6) is -0.0661. The summed E-state index contributed by atoms with van der Waals surface area (Å²) in [5.41, 5.74) is 6.87. The molecule has 0 saturated carbocycles. The maximum Gasteiger partial charge on any atom is 0.253 e. The third kappa shape index (κ3) is 4.01. The van der Waals surface area contributed by atoms with Gasteiger partial charge in [0.25, 0.3) is 5.91 Å². The van der Waals surface area contributed by atoms with Crippen molar-refractivity contribution in [2.24, 2.45) is 0 Å². The van der Waals surface area contributed by atoms with Crippen LogP contribution in [-0.4, -0.2) is 32.6 Å². The molecule has 0 bridgehead atoms. The fourth-order valence-electron chi connectivity index (χ4n) is 3.48. The van der Waals surface area contributed by atoms with Crippen LogP contribution in [0.3, 0.4) is 0 Å². The van der Waals surface area contributed by atoms with Gasteiger partial charge in [-0.05, 0) is 55.5 Å². The van der Waals surface area contributed by atoms with Crippen LogP contribution < -0.4 is 5.32 Å². The number of amides is 1. The lowest BCUT2D eigenvalue weighted by Gasteiger charge is -2.09. The first-order chi connectivity index (χ1) is 14.1. The molecule has 146 valence electrons. The number of carbonyl (C=O) groups excluding carboxylic acids is 1. The minimum Gasteiger partial charge on any atom is -0.352 e. The summed E-state index contributed by atoms with van der Waals surface area (Å²) in [5, 5.41) is 11.0. The molecular formula is C23H23N5O. The molecule has 6 nitrogen and oxygen atoms in total. The summed E-state index contributed by atoms with van der Waals surface area (Å²) >= 11 is 0. The van der Waals surface area contributed by atoms with Gasteiger partial charge in [0.1, 0.15) is 0 Å². The van der Waals surface area contributed by atoms with Crippen molar-refractivity contribution in [2.75, 3.05) is 6.54 Å². The smallest absolute Gasteiger partial charge is 0.253 e. The number of aromatic nitrogens is 4. The number of aryl methyl sites for hydroxylation is 3. The quantitative estimate of drug-likeness (QED) is 0.492. The molecule has 0 fully saturated rings. The highest BCUT2D eigenvalue weighted by atomic mass is 16.1. The van der Waals surface area contributed by atoms with Crippen molar-refractivity contribution < 1.29 is 4.79 Å². The van der Waals surface area contributed by atoms with Crippen LogP contribution >= 0.6 is 0 Å². The fraction of sp³-hybridized carbons (Fsp3) is 0.217. The van der Waals surface area contributed by atoms with Crippen LogP contribution in [0.2, 0.25) is 0 Å². The number of benzene rings is 1. The van der Waals surface area contributed by atoms with Crippen molar-refractivity contribution in [3.05, 3.63) is 77.4 Å². The van der Waals surface area contributed by atoms with Crippen LogP contribution in [0.5, 0.6) is 0 Å². The second kappa shape index (κ2) is 8.22. The Kier molecular flexibility index (Phi) is 5.33. The van der Waals surface area contributed by atoms with Crippen LogP contribution in [0.25, 0.3) is 22.2 Å². The van der Waals surface area contributed by atoms with Crippen LogP contribution in [-0.2, 0) is 6.42 Å². The number of nitrogens with zero attached hydrogens (tertiary/aromatic N) is 3. The number of hydrogen-bond donors (Lipinski definition) is 2. The SMILES string of the molecule is Cc1ncccc1C(=O)NCCCc1ccc(-c2cnc3[nH]ncc3c2C)cc1. The Morgan fingerprint density at radius 1 is 1.07 bits per heavy atom. The zero-order valence-corrected chi connectivity index (χ0v) is 16.6. The minimum atomic E-state index is -0.0661. The largest absolute Gasteiger partial charge is 0.352 e. The number of aromatic amines is 1. The maximum atomic E-state index is 12.2. The summed E-state index contributed by atoms with van der Waals surface area (Å²) in [6.07, 6.45) is 7.19. The third-order valence-corrected chi connectivity index (χ3v) is 5.19. The standard InChI is InChI=1S/C23H23N5O/c1-15-20(13-26-22-21(15)14-27-28-22)18-9-7-17(8-10-18)5-3-12-25-23(29)19-6-4-11-24-16(19)2/h4,6-11,13-14H,3,5,12H2,1-2H3,(H,25,29)(H,26,27,28). The van der Waals surface area contributed by atoms with Gasteiger partial charge in [-0.2, -0.15) is 5.10 Å².